The van der Waals surface area contributed by atoms with E-state index in [1.165, 1.54) is 114 Å². The normalized spacial score (nSPS) is 21.9. The summed E-state index contributed by atoms with van der Waals surface area (Å²) in [5, 5.41) is 0. The standard InChI is InChI=1S/C43H56O4/c1-3-5-8-12-32-16-20-34(21-17-32)36-24-28-38(29-25-36)41(44)46-43(40-14-10-7-11-15-40)47-42(45)39-30-26-37(27-31-39)35-22-18-33(19-23-35)13-9-6-4-2/h7,10-11,14-15,24-35,43H,3-6,8-9,12-13,16-23H2,1-2H3. The van der Waals surface area contributed by atoms with Crippen LogP contribution in [0, 0.1) is 11.8 Å². The number of benzene rings is 3. The van der Waals surface area contributed by atoms with E-state index >= 15 is 0 Å². The van der Waals surface area contributed by atoms with Gasteiger partial charge >= 0.3 is 11.9 Å². The van der Waals surface area contributed by atoms with Gasteiger partial charge in [-0.25, -0.2) is 9.59 Å². The molecule has 5 rings (SSSR count). The SMILES string of the molecule is CCCCCC1CCC(c2ccc(C(=O)OC(OC(=O)c3ccc(C4CCC(CCCCC)CC4)cc3)c3ccccc3)cc2)CC1. The second-order valence-electron chi connectivity index (χ2n) is 14.2. The summed E-state index contributed by atoms with van der Waals surface area (Å²) in [5.41, 5.74) is 4.13. The van der Waals surface area contributed by atoms with Gasteiger partial charge in [-0.15, -0.1) is 0 Å². The molecule has 2 aliphatic carbocycles. The first-order valence-corrected chi connectivity index (χ1v) is 18.7. The third kappa shape index (κ3) is 10.3. The quantitative estimate of drug-likeness (QED) is 0.0946. The van der Waals surface area contributed by atoms with Crippen LogP contribution in [0.1, 0.15) is 172 Å². The van der Waals surface area contributed by atoms with Crippen LogP contribution in [0.5, 0.6) is 0 Å². The summed E-state index contributed by atoms with van der Waals surface area (Å²) < 4.78 is 11.7. The lowest BCUT2D eigenvalue weighted by atomic mass is 9.77. The lowest BCUT2D eigenvalue weighted by Crippen LogP contribution is -2.19. The van der Waals surface area contributed by atoms with Crippen molar-refractivity contribution in [3.05, 3.63) is 107 Å². The van der Waals surface area contributed by atoms with Crippen LogP contribution in [0.4, 0.5) is 0 Å². The van der Waals surface area contributed by atoms with Crippen LogP contribution in [0.15, 0.2) is 78.9 Å². The molecule has 2 aliphatic rings. The molecule has 0 unspecified atom stereocenters. The number of esters is 2. The predicted octanol–water partition coefficient (Wildman–Crippen LogP) is 12.1. The molecule has 0 bridgehead atoms. The largest absolute Gasteiger partial charge is 0.417 e. The molecule has 0 atom stereocenters. The molecular formula is C43H56O4. The van der Waals surface area contributed by atoms with Crippen LogP contribution in [0.3, 0.4) is 0 Å². The van der Waals surface area contributed by atoms with Gasteiger partial charge in [0.1, 0.15) is 0 Å². The fraction of sp³-hybridized carbons (Fsp3) is 0.535. The van der Waals surface area contributed by atoms with E-state index in [1.807, 2.05) is 54.6 Å². The number of hydrogen-bond donors (Lipinski definition) is 0. The number of rotatable bonds is 15. The molecule has 0 saturated heterocycles. The minimum atomic E-state index is -1.14. The molecule has 4 heteroatoms. The molecule has 0 N–H and O–H groups in total. The zero-order chi connectivity index (χ0) is 32.8. The Labute approximate surface area is 283 Å². The van der Waals surface area contributed by atoms with Crippen LogP contribution < -0.4 is 0 Å². The number of ether oxygens (including phenoxy) is 2. The van der Waals surface area contributed by atoms with Crippen molar-refractivity contribution in [3.8, 4) is 0 Å². The summed E-state index contributed by atoms with van der Waals surface area (Å²) in [4.78, 5) is 26.6. The highest BCUT2D eigenvalue weighted by molar-refractivity contribution is 5.91. The molecule has 3 aromatic rings. The molecule has 0 radical (unpaired) electrons. The summed E-state index contributed by atoms with van der Waals surface area (Å²) in [5.74, 6) is 1.84. The highest BCUT2D eigenvalue weighted by Gasteiger charge is 2.26. The van der Waals surface area contributed by atoms with E-state index in [1.54, 1.807) is 0 Å². The summed E-state index contributed by atoms with van der Waals surface area (Å²) in [6.45, 7) is 4.54. The fourth-order valence-electron chi connectivity index (χ4n) is 7.82. The third-order valence-corrected chi connectivity index (χ3v) is 10.9. The van der Waals surface area contributed by atoms with Crippen molar-refractivity contribution in [2.75, 3.05) is 0 Å². The molecular weight excluding hydrogens is 580 g/mol. The van der Waals surface area contributed by atoms with E-state index in [-0.39, 0.29) is 0 Å². The minimum Gasteiger partial charge on any atom is -0.417 e. The van der Waals surface area contributed by atoms with Crippen LogP contribution in [0.25, 0.3) is 0 Å². The predicted molar refractivity (Wildman–Crippen MR) is 191 cm³/mol. The Morgan fingerprint density at radius 1 is 0.553 bits per heavy atom. The van der Waals surface area contributed by atoms with E-state index in [0.717, 1.165) is 11.8 Å². The maximum atomic E-state index is 13.3. The molecule has 3 aromatic carbocycles. The fourth-order valence-corrected chi connectivity index (χ4v) is 7.82. The van der Waals surface area contributed by atoms with Gasteiger partial charge in [0.05, 0.1) is 11.1 Å². The Morgan fingerprint density at radius 3 is 1.34 bits per heavy atom. The Hall–Kier alpha value is -3.40. The van der Waals surface area contributed by atoms with Gasteiger partial charge < -0.3 is 9.47 Å². The van der Waals surface area contributed by atoms with Crippen molar-refractivity contribution in [3.63, 3.8) is 0 Å². The Balaban J connectivity index is 1.16. The van der Waals surface area contributed by atoms with Gasteiger partial charge in [0.2, 0.25) is 0 Å². The maximum Gasteiger partial charge on any atom is 0.341 e. The highest BCUT2D eigenvalue weighted by atomic mass is 16.7. The summed E-state index contributed by atoms with van der Waals surface area (Å²) in [6.07, 6.45) is 19.6. The van der Waals surface area contributed by atoms with Gasteiger partial charge in [0, 0.05) is 5.56 Å². The molecule has 0 amide bonds. The number of hydrogen-bond acceptors (Lipinski definition) is 4. The lowest BCUT2D eigenvalue weighted by Gasteiger charge is -2.29. The molecule has 0 spiro atoms. The van der Waals surface area contributed by atoms with Crippen LogP contribution >= 0.6 is 0 Å². The van der Waals surface area contributed by atoms with Crippen LogP contribution in [-0.4, -0.2) is 11.9 Å². The van der Waals surface area contributed by atoms with Crippen molar-refractivity contribution in [1.82, 2.24) is 0 Å². The van der Waals surface area contributed by atoms with Crippen molar-refractivity contribution in [1.29, 1.82) is 0 Å². The maximum absolute atomic E-state index is 13.3. The average Bonchev–Trinajstić information content (AvgIpc) is 3.12. The highest BCUT2D eigenvalue weighted by Crippen LogP contribution is 2.39. The molecule has 0 heterocycles. The molecule has 4 nitrogen and oxygen atoms in total. The average molecular weight is 637 g/mol. The van der Waals surface area contributed by atoms with Crippen LogP contribution in [-0.2, 0) is 9.47 Å². The summed E-state index contributed by atoms with van der Waals surface area (Å²) in [6, 6.07) is 24.9. The number of carbonyl (C=O) groups excluding carboxylic acids is 2. The molecule has 2 saturated carbocycles. The second-order valence-corrected chi connectivity index (χ2v) is 14.2. The van der Waals surface area contributed by atoms with E-state index in [0.29, 0.717) is 28.5 Å². The summed E-state index contributed by atoms with van der Waals surface area (Å²) >= 11 is 0. The van der Waals surface area contributed by atoms with Crippen molar-refractivity contribution in [2.45, 2.75) is 135 Å². The molecule has 0 aliphatic heterocycles. The molecule has 252 valence electrons. The minimum absolute atomic E-state index is 0.461. The second kappa shape index (κ2) is 18.2. The first-order valence-electron chi connectivity index (χ1n) is 18.7. The van der Waals surface area contributed by atoms with Crippen molar-refractivity contribution >= 4 is 11.9 Å². The topological polar surface area (TPSA) is 52.6 Å². The summed E-state index contributed by atoms with van der Waals surface area (Å²) in [7, 11) is 0. The Morgan fingerprint density at radius 2 is 0.957 bits per heavy atom. The first-order chi connectivity index (χ1) is 23.0. The third-order valence-electron chi connectivity index (χ3n) is 10.9. The van der Waals surface area contributed by atoms with Gasteiger partial charge in [-0.1, -0.05) is 120 Å². The van der Waals surface area contributed by atoms with E-state index in [9.17, 15) is 9.59 Å². The van der Waals surface area contributed by atoms with E-state index in [2.05, 4.69) is 38.1 Å². The number of carbonyl (C=O) groups is 2. The van der Waals surface area contributed by atoms with Gasteiger partial charge in [0.25, 0.3) is 6.29 Å². The first kappa shape index (κ1) is 34.9. The zero-order valence-electron chi connectivity index (χ0n) is 28.8. The molecule has 2 fully saturated rings. The molecule has 47 heavy (non-hydrogen) atoms. The lowest BCUT2D eigenvalue weighted by molar-refractivity contribution is -0.0823. The monoisotopic (exact) mass is 636 g/mol. The van der Waals surface area contributed by atoms with Gasteiger partial charge in [-0.05, 0) is 110 Å². The van der Waals surface area contributed by atoms with Crippen molar-refractivity contribution in [2.24, 2.45) is 11.8 Å². The zero-order valence-corrected chi connectivity index (χ0v) is 28.8. The Bertz CT molecular complexity index is 1260. The van der Waals surface area contributed by atoms with Gasteiger partial charge in [0.15, 0.2) is 0 Å². The van der Waals surface area contributed by atoms with Crippen molar-refractivity contribution < 1.29 is 19.1 Å². The van der Waals surface area contributed by atoms with E-state index < -0.39 is 18.2 Å². The van der Waals surface area contributed by atoms with Gasteiger partial charge in [-0.3, -0.25) is 0 Å². The Kier molecular flexibility index (Phi) is 13.5. The van der Waals surface area contributed by atoms with Gasteiger partial charge in [-0.2, -0.15) is 0 Å². The molecule has 0 aromatic heterocycles. The van der Waals surface area contributed by atoms with Crippen LogP contribution in [0.2, 0.25) is 0 Å². The smallest absolute Gasteiger partial charge is 0.341 e. The van der Waals surface area contributed by atoms with E-state index in [4.69, 9.17) is 9.47 Å². The number of unbranched alkanes of at least 4 members (excludes halogenated alkanes) is 4.